The van der Waals surface area contributed by atoms with Crippen LogP contribution in [0.25, 0.3) is 0 Å². The molecule has 0 aliphatic carbocycles. The van der Waals surface area contributed by atoms with Gasteiger partial charge in [-0.05, 0) is 32.6 Å². The number of carbonyl (C=O) groups is 1. The SMILES string of the molecule is CC(N)CCCC(C)C(=O)N1CCC[C@H]1CO. The Labute approximate surface area is 104 Å². The molecule has 2 unspecified atom stereocenters. The molecule has 1 rings (SSSR count). The van der Waals surface area contributed by atoms with Gasteiger partial charge in [-0.15, -0.1) is 0 Å². The number of rotatable bonds is 6. The number of amides is 1. The molecule has 0 spiro atoms. The topological polar surface area (TPSA) is 66.6 Å². The van der Waals surface area contributed by atoms with Crippen molar-refractivity contribution < 1.29 is 9.90 Å². The molecule has 0 aromatic heterocycles. The number of aliphatic hydroxyl groups excluding tert-OH is 1. The quantitative estimate of drug-likeness (QED) is 0.733. The van der Waals surface area contributed by atoms with Crippen molar-refractivity contribution in [3.63, 3.8) is 0 Å². The van der Waals surface area contributed by atoms with Gasteiger partial charge >= 0.3 is 0 Å². The average molecular weight is 242 g/mol. The van der Waals surface area contributed by atoms with Crippen LogP contribution in [0.2, 0.25) is 0 Å². The molecule has 4 nitrogen and oxygen atoms in total. The van der Waals surface area contributed by atoms with Crippen molar-refractivity contribution in [2.75, 3.05) is 13.2 Å². The second-order valence-corrected chi connectivity index (χ2v) is 5.32. The lowest BCUT2D eigenvalue weighted by Gasteiger charge is -2.26. The summed E-state index contributed by atoms with van der Waals surface area (Å²) in [6.45, 7) is 4.88. The number of aliphatic hydroxyl groups is 1. The van der Waals surface area contributed by atoms with E-state index in [1.165, 1.54) is 0 Å². The lowest BCUT2D eigenvalue weighted by Crippen LogP contribution is -2.40. The van der Waals surface area contributed by atoms with E-state index >= 15 is 0 Å². The molecule has 1 aliphatic heterocycles. The molecule has 17 heavy (non-hydrogen) atoms. The molecule has 0 saturated carbocycles. The number of carbonyl (C=O) groups excluding carboxylic acids is 1. The van der Waals surface area contributed by atoms with Gasteiger partial charge in [0.25, 0.3) is 0 Å². The van der Waals surface area contributed by atoms with Crippen LogP contribution in [0.4, 0.5) is 0 Å². The van der Waals surface area contributed by atoms with Crippen LogP contribution in [-0.4, -0.2) is 41.1 Å². The molecule has 1 amide bonds. The van der Waals surface area contributed by atoms with E-state index < -0.39 is 0 Å². The van der Waals surface area contributed by atoms with Crippen molar-refractivity contribution >= 4 is 5.91 Å². The van der Waals surface area contributed by atoms with Crippen molar-refractivity contribution in [2.45, 2.75) is 58.0 Å². The van der Waals surface area contributed by atoms with Gasteiger partial charge in [-0.3, -0.25) is 4.79 Å². The van der Waals surface area contributed by atoms with Crippen molar-refractivity contribution in [3.8, 4) is 0 Å². The largest absolute Gasteiger partial charge is 0.394 e. The minimum absolute atomic E-state index is 0.0541. The van der Waals surface area contributed by atoms with E-state index in [9.17, 15) is 9.90 Å². The maximum atomic E-state index is 12.2. The van der Waals surface area contributed by atoms with E-state index in [1.54, 1.807) is 0 Å². The van der Waals surface area contributed by atoms with Gasteiger partial charge in [-0.1, -0.05) is 13.3 Å². The molecule has 0 aromatic carbocycles. The fourth-order valence-corrected chi connectivity index (χ4v) is 2.47. The molecule has 1 fully saturated rings. The third kappa shape index (κ3) is 4.28. The van der Waals surface area contributed by atoms with Crippen LogP contribution in [0, 0.1) is 5.92 Å². The summed E-state index contributed by atoms with van der Waals surface area (Å²) in [5, 5.41) is 9.21. The van der Waals surface area contributed by atoms with Gasteiger partial charge in [-0.2, -0.15) is 0 Å². The highest BCUT2D eigenvalue weighted by Gasteiger charge is 2.30. The maximum absolute atomic E-state index is 12.2. The van der Waals surface area contributed by atoms with Gasteiger partial charge < -0.3 is 15.7 Å². The summed E-state index contributed by atoms with van der Waals surface area (Å²) in [5.41, 5.74) is 5.69. The minimum Gasteiger partial charge on any atom is -0.394 e. The number of likely N-dealkylation sites (tertiary alicyclic amines) is 1. The summed E-state index contributed by atoms with van der Waals surface area (Å²) in [7, 11) is 0. The van der Waals surface area contributed by atoms with Crippen LogP contribution >= 0.6 is 0 Å². The predicted molar refractivity (Wildman–Crippen MR) is 68.5 cm³/mol. The van der Waals surface area contributed by atoms with Crippen molar-refractivity contribution in [3.05, 3.63) is 0 Å². The van der Waals surface area contributed by atoms with Crippen LogP contribution in [0.1, 0.15) is 46.0 Å². The fraction of sp³-hybridized carbons (Fsp3) is 0.923. The van der Waals surface area contributed by atoms with E-state index in [2.05, 4.69) is 0 Å². The Morgan fingerprint density at radius 3 is 2.76 bits per heavy atom. The maximum Gasteiger partial charge on any atom is 0.225 e. The van der Waals surface area contributed by atoms with E-state index in [0.29, 0.717) is 0 Å². The average Bonchev–Trinajstić information content (AvgIpc) is 2.75. The first-order chi connectivity index (χ1) is 8.06. The van der Waals surface area contributed by atoms with Gasteiger partial charge in [0, 0.05) is 18.5 Å². The molecule has 3 atom stereocenters. The van der Waals surface area contributed by atoms with Gasteiger partial charge in [0.1, 0.15) is 0 Å². The second kappa shape index (κ2) is 6.97. The molecule has 100 valence electrons. The Balaban J connectivity index is 2.35. The van der Waals surface area contributed by atoms with Crippen molar-refractivity contribution in [2.24, 2.45) is 11.7 Å². The lowest BCUT2D eigenvalue weighted by molar-refractivity contribution is -0.136. The Bertz CT molecular complexity index is 244. The van der Waals surface area contributed by atoms with E-state index in [4.69, 9.17) is 5.73 Å². The number of hydrogen-bond acceptors (Lipinski definition) is 3. The molecule has 0 aromatic rings. The van der Waals surface area contributed by atoms with E-state index in [1.807, 2.05) is 18.7 Å². The van der Waals surface area contributed by atoms with Gasteiger partial charge in [0.15, 0.2) is 0 Å². The molecule has 1 saturated heterocycles. The van der Waals surface area contributed by atoms with E-state index in [0.717, 1.165) is 38.6 Å². The summed E-state index contributed by atoms with van der Waals surface area (Å²) in [6, 6.07) is 0.271. The summed E-state index contributed by atoms with van der Waals surface area (Å²) < 4.78 is 0. The molecule has 1 aliphatic rings. The van der Waals surface area contributed by atoms with Crippen LogP contribution in [-0.2, 0) is 4.79 Å². The highest BCUT2D eigenvalue weighted by Crippen LogP contribution is 2.21. The first-order valence-electron chi connectivity index (χ1n) is 6.73. The standard InChI is InChI=1S/C13H26N2O2/c1-10(5-3-6-11(2)14)13(17)15-8-4-7-12(15)9-16/h10-12,16H,3-9,14H2,1-2H3/t10?,11?,12-/m0/s1. The normalized spacial score (nSPS) is 23.8. The monoisotopic (exact) mass is 242 g/mol. The highest BCUT2D eigenvalue weighted by molar-refractivity contribution is 5.79. The Kier molecular flexibility index (Phi) is 5.92. The molecule has 0 radical (unpaired) electrons. The summed E-state index contributed by atoms with van der Waals surface area (Å²) in [5.74, 6) is 0.257. The number of nitrogens with zero attached hydrogens (tertiary/aromatic N) is 1. The minimum atomic E-state index is 0.0541. The van der Waals surface area contributed by atoms with Crippen molar-refractivity contribution in [1.82, 2.24) is 4.90 Å². The highest BCUT2D eigenvalue weighted by atomic mass is 16.3. The third-order valence-electron chi connectivity index (χ3n) is 3.59. The van der Waals surface area contributed by atoms with Gasteiger partial charge in [-0.25, -0.2) is 0 Å². The lowest BCUT2D eigenvalue weighted by atomic mass is 10.0. The van der Waals surface area contributed by atoms with Crippen LogP contribution < -0.4 is 5.73 Å². The molecule has 3 N–H and O–H groups in total. The Hall–Kier alpha value is -0.610. The summed E-state index contributed by atoms with van der Waals surface area (Å²) in [6.07, 6.45) is 4.83. The van der Waals surface area contributed by atoms with Crippen LogP contribution in [0.3, 0.4) is 0 Å². The Morgan fingerprint density at radius 2 is 2.18 bits per heavy atom. The zero-order chi connectivity index (χ0) is 12.8. The first-order valence-corrected chi connectivity index (χ1v) is 6.73. The molecule has 0 bridgehead atoms. The van der Waals surface area contributed by atoms with Gasteiger partial charge in [0.2, 0.25) is 5.91 Å². The zero-order valence-electron chi connectivity index (χ0n) is 11.1. The predicted octanol–water partition coefficient (Wildman–Crippen LogP) is 1.12. The summed E-state index contributed by atoms with van der Waals surface area (Å²) >= 11 is 0. The molecular formula is C13H26N2O2. The Morgan fingerprint density at radius 1 is 1.47 bits per heavy atom. The molecular weight excluding hydrogens is 216 g/mol. The van der Waals surface area contributed by atoms with Gasteiger partial charge in [0.05, 0.1) is 12.6 Å². The summed E-state index contributed by atoms with van der Waals surface area (Å²) in [4.78, 5) is 14.0. The molecule has 1 heterocycles. The second-order valence-electron chi connectivity index (χ2n) is 5.32. The smallest absolute Gasteiger partial charge is 0.225 e. The van der Waals surface area contributed by atoms with Crippen LogP contribution in [0.5, 0.6) is 0 Å². The first kappa shape index (κ1) is 14.5. The number of hydrogen-bond donors (Lipinski definition) is 2. The zero-order valence-corrected chi connectivity index (χ0v) is 11.1. The molecule has 4 heteroatoms. The fourth-order valence-electron chi connectivity index (χ4n) is 2.47. The van der Waals surface area contributed by atoms with Crippen molar-refractivity contribution in [1.29, 1.82) is 0 Å². The van der Waals surface area contributed by atoms with E-state index in [-0.39, 0.29) is 30.5 Å². The number of nitrogens with two attached hydrogens (primary N) is 1. The van der Waals surface area contributed by atoms with Crippen LogP contribution in [0.15, 0.2) is 0 Å². The third-order valence-corrected chi connectivity index (χ3v) is 3.59.